The number of fused-ring (bicyclic) bond motifs is 1. The van der Waals surface area contributed by atoms with Gasteiger partial charge in [-0.2, -0.15) is 11.3 Å². The summed E-state index contributed by atoms with van der Waals surface area (Å²) >= 11 is 3.32. The van der Waals surface area contributed by atoms with Gasteiger partial charge in [0.1, 0.15) is 6.54 Å². The first-order chi connectivity index (χ1) is 13.8. The summed E-state index contributed by atoms with van der Waals surface area (Å²) in [5.74, 6) is 1.03. The molecule has 1 saturated heterocycles. The van der Waals surface area contributed by atoms with Crippen molar-refractivity contribution >= 4 is 38.8 Å². The third kappa shape index (κ3) is 3.48. The summed E-state index contributed by atoms with van der Waals surface area (Å²) in [6.07, 6.45) is 0. The highest BCUT2D eigenvalue weighted by atomic mass is 32.1. The number of thiophene rings is 1. The van der Waals surface area contributed by atoms with Crippen molar-refractivity contribution in [2.45, 2.75) is 6.54 Å². The molecule has 0 bridgehead atoms. The number of benzene rings is 1. The second-order valence-electron chi connectivity index (χ2n) is 7.00. The lowest BCUT2D eigenvalue weighted by molar-refractivity contribution is -0.917. The van der Waals surface area contributed by atoms with Gasteiger partial charge < -0.3 is 14.2 Å². The van der Waals surface area contributed by atoms with E-state index in [1.807, 2.05) is 35.2 Å². The fourth-order valence-corrected chi connectivity index (χ4v) is 5.18. The van der Waals surface area contributed by atoms with E-state index in [1.165, 1.54) is 10.5 Å². The van der Waals surface area contributed by atoms with Crippen LogP contribution in [0.5, 0.6) is 0 Å². The fraction of sp³-hybridized carbons (Fsp3) is 0.238. The molecule has 0 atom stereocenters. The lowest BCUT2D eigenvalue weighted by Crippen LogP contribution is -3.13. The minimum atomic E-state index is -0.0260. The maximum absolute atomic E-state index is 12.8. The Hall–Kier alpha value is -2.48. The molecule has 4 heterocycles. The van der Waals surface area contributed by atoms with Gasteiger partial charge in [0.2, 0.25) is 0 Å². The van der Waals surface area contributed by atoms with Crippen molar-refractivity contribution in [3.8, 4) is 10.8 Å². The molecule has 1 aliphatic heterocycles. The second-order valence-corrected chi connectivity index (χ2v) is 8.81. The number of rotatable bonds is 4. The first-order valence-corrected chi connectivity index (χ1v) is 11.1. The number of carbonyl (C=O) groups excluding carboxylic acids is 1. The van der Waals surface area contributed by atoms with Gasteiger partial charge in [-0.25, -0.2) is 4.98 Å². The zero-order valence-electron chi connectivity index (χ0n) is 15.3. The maximum Gasteiger partial charge on any atom is 0.289 e. The predicted molar refractivity (Wildman–Crippen MR) is 112 cm³/mol. The molecular weight excluding hydrogens is 390 g/mol. The van der Waals surface area contributed by atoms with Crippen molar-refractivity contribution in [3.05, 3.63) is 64.5 Å². The lowest BCUT2D eigenvalue weighted by Gasteiger charge is -2.31. The predicted octanol–water partition coefficient (Wildman–Crippen LogP) is 3.16. The Morgan fingerprint density at radius 3 is 2.79 bits per heavy atom. The number of hydrogen-bond acceptors (Lipinski definition) is 5. The topological polar surface area (TPSA) is 50.8 Å². The van der Waals surface area contributed by atoms with E-state index >= 15 is 0 Å². The molecular formula is C21H20N3O2S2+. The summed E-state index contributed by atoms with van der Waals surface area (Å²) in [6, 6.07) is 13.8. The molecule has 0 unspecified atom stereocenters. The Kier molecular flexibility index (Phi) is 4.72. The fourth-order valence-electron chi connectivity index (χ4n) is 3.59. The molecule has 1 aliphatic rings. The van der Waals surface area contributed by atoms with Gasteiger partial charge in [0.25, 0.3) is 5.91 Å². The second kappa shape index (κ2) is 7.50. The van der Waals surface area contributed by atoms with Crippen LogP contribution in [0.25, 0.3) is 21.0 Å². The van der Waals surface area contributed by atoms with Crippen molar-refractivity contribution in [3.63, 3.8) is 0 Å². The minimum absolute atomic E-state index is 0.0260. The Balaban J connectivity index is 1.25. The Labute approximate surface area is 170 Å². The molecule has 1 N–H and O–H groups in total. The molecule has 5 rings (SSSR count). The number of nitrogens with zero attached hydrogens (tertiary/aromatic N) is 2. The highest BCUT2D eigenvalue weighted by Gasteiger charge is 2.27. The van der Waals surface area contributed by atoms with E-state index in [0.29, 0.717) is 11.5 Å². The van der Waals surface area contributed by atoms with Gasteiger partial charge >= 0.3 is 0 Å². The smallest absolute Gasteiger partial charge is 0.289 e. The molecule has 142 valence electrons. The first-order valence-electron chi connectivity index (χ1n) is 9.36. The number of amides is 1. The van der Waals surface area contributed by atoms with E-state index < -0.39 is 0 Å². The van der Waals surface area contributed by atoms with Crippen LogP contribution in [0.2, 0.25) is 0 Å². The van der Waals surface area contributed by atoms with Crippen molar-refractivity contribution in [2.24, 2.45) is 0 Å². The molecule has 4 aromatic rings. The quantitative estimate of drug-likeness (QED) is 0.562. The summed E-state index contributed by atoms with van der Waals surface area (Å²) in [5, 5.41) is 5.14. The number of carbonyl (C=O) groups is 1. The van der Waals surface area contributed by atoms with Gasteiger partial charge in [-0.05, 0) is 41.1 Å². The van der Waals surface area contributed by atoms with Crippen molar-refractivity contribution in [1.82, 2.24) is 9.88 Å². The van der Waals surface area contributed by atoms with Gasteiger partial charge in [-0.3, -0.25) is 4.79 Å². The first kappa shape index (κ1) is 17.6. The summed E-state index contributed by atoms with van der Waals surface area (Å²) in [7, 11) is 0. The average molecular weight is 411 g/mol. The van der Waals surface area contributed by atoms with E-state index in [2.05, 4.69) is 21.8 Å². The number of hydrogen-bond donors (Lipinski definition) is 1. The molecule has 0 aliphatic carbocycles. The molecule has 0 spiro atoms. The van der Waals surface area contributed by atoms with Crippen molar-refractivity contribution in [2.75, 3.05) is 26.2 Å². The maximum atomic E-state index is 12.8. The lowest BCUT2D eigenvalue weighted by atomic mass is 10.2. The number of thiazole rings is 1. The molecule has 1 fully saturated rings. The Morgan fingerprint density at radius 1 is 1.14 bits per heavy atom. The number of aromatic nitrogens is 1. The van der Waals surface area contributed by atoms with Gasteiger partial charge in [-0.1, -0.05) is 12.1 Å². The summed E-state index contributed by atoms with van der Waals surface area (Å²) in [5.41, 5.74) is 2.34. The van der Waals surface area contributed by atoms with Crippen molar-refractivity contribution < 1.29 is 14.1 Å². The van der Waals surface area contributed by atoms with Gasteiger partial charge in [0.15, 0.2) is 16.5 Å². The van der Waals surface area contributed by atoms with Gasteiger partial charge in [-0.15, -0.1) is 11.3 Å². The van der Waals surface area contributed by atoms with E-state index in [1.54, 1.807) is 28.7 Å². The minimum Gasteiger partial charge on any atom is -0.448 e. The molecule has 0 radical (unpaired) electrons. The van der Waals surface area contributed by atoms with E-state index in [4.69, 9.17) is 4.42 Å². The van der Waals surface area contributed by atoms with Crippen LogP contribution in [0.3, 0.4) is 0 Å². The Morgan fingerprint density at radius 2 is 2.00 bits per heavy atom. The summed E-state index contributed by atoms with van der Waals surface area (Å²) < 4.78 is 6.99. The standard InChI is InChI=1S/C21H19N3O2S2/c25-21(24-10-8-23(9-11-24)13-15-7-12-27-14-15)18-6-5-17(26-18)20-22-16-3-1-2-4-19(16)28-20/h1-7,12,14H,8-11,13H2/p+1. The van der Waals surface area contributed by atoms with Crippen LogP contribution in [0, 0.1) is 0 Å². The van der Waals surface area contributed by atoms with Crippen LogP contribution < -0.4 is 4.90 Å². The summed E-state index contributed by atoms with van der Waals surface area (Å²) in [4.78, 5) is 20.9. The van der Waals surface area contributed by atoms with Gasteiger partial charge in [0, 0.05) is 5.56 Å². The largest absolute Gasteiger partial charge is 0.448 e. The number of para-hydroxylation sites is 1. The van der Waals surface area contributed by atoms with Crippen LogP contribution >= 0.6 is 22.7 Å². The van der Waals surface area contributed by atoms with Crippen LogP contribution in [0.1, 0.15) is 16.1 Å². The van der Waals surface area contributed by atoms with Crippen LogP contribution in [0.4, 0.5) is 0 Å². The zero-order chi connectivity index (χ0) is 18.9. The van der Waals surface area contributed by atoms with Crippen LogP contribution in [-0.4, -0.2) is 42.0 Å². The molecule has 7 heteroatoms. The SMILES string of the molecule is O=C(c1ccc(-c2nc3ccccc3s2)o1)N1CC[NH+](Cc2ccsc2)CC1. The molecule has 0 saturated carbocycles. The number of nitrogens with one attached hydrogen (secondary N) is 1. The van der Waals surface area contributed by atoms with E-state index in [-0.39, 0.29) is 5.91 Å². The van der Waals surface area contributed by atoms with E-state index in [9.17, 15) is 4.79 Å². The third-order valence-corrected chi connectivity index (χ3v) is 6.90. The van der Waals surface area contributed by atoms with Crippen LogP contribution in [-0.2, 0) is 6.54 Å². The number of piperazine rings is 1. The van der Waals surface area contributed by atoms with Crippen molar-refractivity contribution in [1.29, 1.82) is 0 Å². The third-order valence-electron chi connectivity index (χ3n) is 5.11. The zero-order valence-corrected chi connectivity index (χ0v) is 16.9. The molecule has 1 amide bonds. The monoisotopic (exact) mass is 410 g/mol. The number of furan rings is 1. The van der Waals surface area contributed by atoms with Crippen LogP contribution in [0.15, 0.2) is 57.6 Å². The number of quaternary nitrogens is 1. The Bertz CT molecular complexity index is 1060. The molecule has 1 aromatic carbocycles. The highest BCUT2D eigenvalue weighted by molar-refractivity contribution is 7.21. The van der Waals surface area contributed by atoms with E-state index in [0.717, 1.165) is 47.9 Å². The molecule has 28 heavy (non-hydrogen) atoms. The summed E-state index contributed by atoms with van der Waals surface area (Å²) in [6.45, 7) is 4.49. The van der Waals surface area contributed by atoms with Gasteiger partial charge in [0.05, 0.1) is 36.4 Å². The molecule has 3 aromatic heterocycles. The molecule has 5 nitrogen and oxygen atoms in total. The average Bonchev–Trinajstić information content (AvgIpc) is 3.47. The highest BCUT2D eigenvalue weighted by Crippen LogP contribution is 2.31. The normalized spacial score (nSPS) is 15.4.